The number of phosphoric acid groups is 2. The number of hydrogen-bond acceptors (Lipinski definition) is 15. The van der Waals surface area contributed by atoms with Gasteiger partial charge in [0.2, 0.25) is 0 Å². The predicted octanol–water partition coefficient (Wildman–Crippen LogP) is 24.0. The minimum Gasteiger partial charge on any atom is -0.462 e. The van der Waals surface area contributed by atoms with Crippen molar-refractivity contribution in [3.05, 3.63) is 0 Å². The van der Waals surface area contributed by atoms with E-state index in [1.165, 1.54) is 212 Å². The lowest BCUT2D eigenvalue weighted by molar-refractivity contribution is -0.161. The minimum absolute atomic E-state index is 0.106. The molecule has 0 saturated heterocycles. The van der Waals surface area contributed by atoms with Crippen molar-refractivity contribution >= 4 is 39.5 Å². The first-order valence-electron chi connectivity index (χ1n) is 41.7. The number of rotatable bonds is 78. The van der Waals surface area contributed by atoms with Gasteiger partial charge in [0.15, 0.2) is 12.2 Å². The van der Waals surface area contributed by atoms with E-state index in [1.54, 1.807) is 0 Å². The fourth-order valence-corrected chi connectivity index (χ4v) is 14.0. The maximum atomic E-state index is 13.1. The molecule has 3 unspecified atom stereocenters. The van der Waals surface area contributed by atoms with Crippen molar-refractivity contribution in [3.8, 4) is 0 Å². The first-order valence-corrected chi connectivity index (χ1v) is 44.7. The van der Waals surface area contributed by atoms with Crippen molar-refractivity contribution in [2.45, 2.75) is 433 Å². The van der Waals surface area contributed by atoms with Crippen molar-refractivity contribution in [3.63, 3.8) is 0 Å². The van der Waals surface area contributed by atoms with Crippen LogP contribution >= 0.6 is 15.6 Å². The zero-order chi connectivity index (χ0) is 73.8. The van der Waals surface area contributed by atoms with Crippen LogP contribution in [0.1, 0.15) is 415 Å². The Labute approximate surface area is 613 Å². The van der Waals surface area contributed by atoms with Gasteiger partial charge in [0.05, 0.1) is 26.4 Å². The summed E-state index contributed by atoms with van der Waals surface area (Å²) in [5.74, 6) is 0.955. The molecule has 0 aliphatic heterocycles. The Kier molecular flexibility index (Phi) is 68.7. The molecule has 0 amide bonds. The van der Waals surface area contributed by atoms with E-state index >= 15 is 0 Å². The fraction of sp³-hybridized carbons (Fsp3) is 0.951. The summed E-state index contributed by atoms with van der Waals surface area (Å²) in [6, 6.07) is 0. The van der Waals surface area contributed by atoms with E-state index in [4.69, 9.17) is 37.0 Å². The van der Waals surface area contributed by atoms with Gasteiger partial charge in [-0.3, -0.25) is 37.3 Å². The van der Waals surface area contributed by atoms with Crippen LogP contribution in [0.25, 0.3) is 0 Å². The second-order valence-electron chi connectivity index (χ2n) is 31.1. The summed E-state index contributed by atoms with van der Waals surface area (Å²) in [7, 11) is -9.92. The molecule has 594 valence electrons. The van der Waals surface area contributed by atoms with Crippen molar-refractivity contribution in [1.29, 1.82) is 0 Å². The highest BCUT2D eigenvalue weighted by molar-refractivity contribution is 7.47. The average Bonchev–Trinajstić information content (AvgIpc) is 0.976. The maximum Gasteiger partial charge on any atom is 0.472 e. The molecule has 0 aromatic heterocycles. The third-order valence-electron chi connectivity index (χ3n) is 18.8. The van der Waals surface area contributed by atoms with E-state index in [-0.39, 0.29) is 25.7 Å². The smallest absolute Gasteiger partial charge is 0.462 e. The number of phosphoric ester groups is 2. The molecular weight excluding hydrogens is 1310 g/mol. The van der Waals surface area contributed by atoms with Gasteiger partial charge in [-0.2, -0.15) is 0 Å². The summed E-state index contributed by atoms with van der Waals surface area (Å²) < 4.78 is 68.7. The Morgan fingerprint density at radius 2 is 0.420 bits per heavy atom. The van der Waals surface area contributed by atoms with Gasteiger partial charge >= 0.3 is 39.5 Å². The SMILES string of the molecule is CC(C)CCCCCCCCCCCCCCCCCCCCC(=O)OC[C@H](COP(=O)(O)OCC(O)COP(=O)(O)OC[C@@H](COC(=O)CCCCCCCCCC(C)C)OC(=O)CCCCCCCCCCCCCCC(C)C)OC(=O)CCCCCCCCCCCCCC(C)C. The molecule has 0 aromatic rings. The molecule has 0 aliphatic carbocycles. The molecule has 5 atom stereocenters. The first kappa shape index (κ1) is 98.1. The Balaban J connectivity index is 5.20. The van der Waals surface area contributed by atoms with Crippen LogP contribution in [0.2, 0.25) is 0 Å². The number of aliphatic hydroxyl groups excluding tert-OH is 1. The molecule has 0 fully saturated rings. The third-order valence-corrected chi connectivity index (χ3v) is 20.7. The Morgan fingerprint density at radius 3 is 0.620 bits per heavy atom. The summed E-state index contributed by atoms with van der Waals surface area (Å²) in [4.78, 5) is 73.0. The van der Waals surface area contributed by atoms with E-state index < -0.39 is 97.5 Å². The van der Waals surface area contributed by atoms with Crippen LogP contribution in [0, 0.1) is 23.7 Å². The molecular formula is C81H158O17P2. The van der Waals surface area contributed by atoms with Gasteiger partial charge in [-0.1, -0.05) is 364 Å². The van der Waals surface area contributed by atoms with Gasteiger partial charge in [0.25, 0.3) is 0 Å². The van der Waals surface area contributed by atoms with Crippen LogP contribution in [0.5, 0.6) is 0 Å². The maximum absolute atomic E-state index is 13.1. The van der Waals surface area contributed by atoms with Gasteiger partial charge in [-0.25, -0.2) is 9.13 Å². The molecule has 17 nitrogen and oxygen atoms in total. The zero-order valence-corrected chi connectivity index (χ0v) is 67.6. The second-order valence-corrected chi connectivity index (χ2v) is 34.0. The molecule has 3 N–H and O–H groups in total. The van der Waals surface area contributed by atoms with E-state index in [9.17, 15) is 43.2 Å². The first-order chi connectivity index (χ1) is 48.1. The monoisotopic (exact) mass is 1470 g/mol. The largest absolute Gasteiger partial charge is 0.472 e. The highest BCUT2D eigenvalue weighted by atomic mass is 31.2. The zero-order valence-electron chi connectivity index (χ0n) is 65.8. The number of ether oxygens (including phenoxy) is 4. The second kappa shape index (κ2) is 70.1. The van der Waals surface area contributed by atoms with Gasteiger partial charge < -0.3 is 33.8 Å². The summed E-state index contributed by atoms with van der Waals surface area (Å²) in [6.07, 6.45) is 57.0. The lowest BCUT2D eigenvalue weighted by Crippen LogP contribution is -2.30. The van der Waals surface area contributed by atoms with Crippen LogP contribution < -0.4 is 0 Å². The quantitative estimate of drug-likeness (QED) is 0.0222. The van der Waals surface area contributed by atoms with Crippen molar-refractivity contribution in [1.82, 2.24) is 0 Å². The van der Waals surface area contributed by atoms with Gasteiger partial charge in [-0.15, -0.1) is 0 Å². The van der Waals surface area contributed by atoms with Crippen LogP contribution in [0.3, 0.4) is 0 Å². The van der Waals surface area contributed by atoms with E-state index in [2.05, 4.69) is 55.4 Å². The van der Waals surface area contributed by atoms with Crippen molar-refractivity contribution in [2.24, 2.45) is 23.7 Å². The molecule has 0 aliphatic rings. The summed E-state index contributed by atoms with van der Waals surface area (Å²) in [5, 5.41) is 10.6. The normalized spacial score (nSPS) is 14.0. The number of carbonyl (C=O) groups excluding carboxylic acids is 4. The number of aliphatic hydroxyl groups is 1. The lowest BCUT2D eigenvalue weighted by Gasteiger charge is -2.21. The molecule has 0 bridgehead atoms. The van der Waals surface area contributed by atoms with Crippen LogP contribution in [0.15, 0.2) is 0 Å². The predicted molar refractivity (Wildman–Crippen MR) is 409 cm³/mol. The van der Waals surface area contributed by atoms with Crippen molar-refractivity contribution < 1.29 is 80.2 Å². The molecule has 0 radical (unpaired) electrons. The van der Waals surface area contributed by atoms with Gasteiger partial charge in [-0.05, 0) is 49.4 Å². The molecule has 19 heteroatoms. The lowest BCUT2D eigenvalue weighted by atomic mass is 10.0. The summed E-state index contributed by atoms with van der Waals surface area (Å²) in [6.45, 7) is 14.2. The molecule has 0 spiro atoms. The van der Waals surface area contributed by atoms with E-state index in [0.717, 1.165) is 114 Å². The molecule has 0 saturated carbocycles. The third kappa shape index (κ3) is 74.3. The van der Waals surface area contributed by atoms with Crippen LogP contribution in [-0.4, -0.2) is 96.7 Å². The summed E-state index contributed by atoms with van der Waals surface area (Å²) in [5.41, 5.74) is 0. The Bertz CT molecular complexity index is 1950. The Hall–Kier alpha value is -1.94. The van der Waals surface area contributed by atoms with Gasteiger partial charge in [0.1, 0.15) is 19.3 Å². The molecule has 0 heterocycles. The molecule has 0 rings (SSSR count). The Morgan fingerprint density at radius 1 is 0.250 bits per heavy atom. The molecule has 100 heavy (non-hydrogen) atoms. The average molecular weight is 1470 g/mol. The highest BCUT2D eigenvalue weighted by Crippen LogP contribution is 2.45. The van der Waals surface area contributed by atoms with Gasteiger partial charge in [0, 0.05) is 25.7 Å². The van der Waals surface area contributed by atoms with E-state index in [0.29, 0.717) is 31.6 Å². The standard InChI is InChI=1S/C81H158O17P2/c1-71(2)57-49-41-33-26-20-15-13-11-9-10-12-14-16-23-29-37-45-53-61-78(83)91-67-76(97-81(86)64-56-48-39-31-25-19-22-28-35-43-51-59-73(5)6)69-95-99(87,88)93-65-75(82)66-94-100(89,90)96-70-77(68-92-79(84)62-54-46-40-32-36-44-52-60-74(7)8)98-80(85)63-55-47-38-30-24-18-17-21-27-34-42-50-58-72(3)4/h71-77,82H,9-70H2,1-8H3,(H,87,88)(H,89,90)/t75?,76-,77-/m1/s1. The fourth-order valence-electron chi connectivity index (χ4n) is 12.4. The van der Waals surface area contributed by atoms with Crippen LogP contribution in [0.4, 0.5) is 0 Å². The van der Waals surface area contributed by atoms with Crippen molar-refractivity contribution in [2.75, 3.05) is 39.6 Å². The molecule has 0 aromatic carbocycles. The number of carbonyl (C=O) groups is 4. The summed E-state index contributed by atoms with van der Waals surface area (Å²) >= 11 is 0. The highest BCUT2D eigenvalue weighted by Gasteiger charge is 2.30. The topological polar surface area (TPSA) is 237 Å². The van der Waals surface area contributed by atoms with Crippen LogP contribution in [-0.2, 0) is 65.4 Å². The number of esters is 4. The number of unbranched alkanes of at least 4 members (excludes halogenated alkanes) is 44. The minimum atomic E-state index is -4.96. The number of hydrogen-bond donors (Lipinski definition) is 3. The van der Waals surface area contributed by atoms with E-state index in [1.807, 2.05) is 0 Å².